The molecule has 1 unspecified atom stereocenters. The van der Waals surface area contributed by atoms with Crippen molar-refractivity contribution < 1.29 is 4.57 Å². The van der Waals surface area contributed by atoms with Gasteiger partial charge in [0.2, 0.25) is 0 Å². The summed E-state index contributed by atoms with van der Waals surface area (Å²) in [4.78, 5) is 0. The molecule has 2 heteroatoms. The molecule has 0 aliphatic rings. The summed E-state index contributed by atoms with van der Waals surface area (Å²) >= 11 is 0. The van der Waals surface area contributed by atoms with Crippen molar-refractivity contribution in [2.24, 2.45) is 0 Å². The summed E-state index contributed by atoms with van der Waals surface area (Å²) in [5, 5.41) is 1.77. The van der Waals surface area contributed by atoms with Crippen molar-refractivity contribution in [1.29, 1.82) is 0 Å². The minimum Gasteiger partial charge on any atom is -0.317 e. The van der Waals surface area contributed by atoms with Gasteiger partial charge in [-0.2, -0.15) is 0 Å². The van der Waals surface area contributed by atoms with Crippen LogP contribution in [0.2, 0.25) is 0 Å². The highest BCUT2D eigenvalue weighted by Gasteiger charge is 2.08. The zero-order valence-electron chi connectivity index (χ0n) is 8.89. The van der Waals surface area contributed by atoms with Crippen molar-refractivity contribution >= 4 is 24.5 Å². The normalized spacial score (nSPS) is 12.0. The molecule has 2 rings (SSSR count). The Morgan fingerprint density at radius 2 is 1.56 bits per heavy atom. The SMILES string of the molecule is C=Cc1ccccc1[PH](=O)c1ccccc1. The third-order valence-electron chi connectivity index (χ3n) is 2.46. The van der Waals surface area contributed by atoms with E-state index < -0.39 is 7.80 Å². The smallest absolute Gasteiger partial charge is 0.132 e. The molecule has 0 radical (unpaired) electrons. The highest BCUT2D eigenvalue weighted by molar-refractivity contribution is 7.61. The van der Waals surface area contributed by atoms with Gasteiger partial charge in [0, 0.05) is 10.6 Å². The van der Waals surface area contributed by atoms with Crippen LogP contribution in [0.25, 0.3) is 6.08 Å². The van der Waals surface area contributed by atoms with E-state index in [4.69, 9.17) is 0 Å². The summed E-state index contributed by atoms with van der Waals surface area (Å²) in [6.07, 6.45) is 1.75. The first-order valence-electron chi connectivity index (χ1n) is 5.14. The maximum absolute atomic E-state index is 12.4. The van der Waals surface area contributed by atoms with Crippen LogP contribution in [0.5, 0.6) is 0 Å². The molecule has 0 heterocycles. The molecule has 0 spiro atoms. The first kappa shape index (κ1) is 10.9. The molecule has 1 atom stereocenters. The molecule has 0 bridgehead atoms. The number of hydrogen-bond acceptors (Lipinski definition) is 1. The fourth-order valence-electron chi connectivity index (χ4n) is 1.63. The molecule has 80 valence electrons. The lowest BCUT2D eigenvalue weighted by Crippen LogP contribution is -2.08. The summed E-state index contributed by atoms with van der Waals surface area (Å²) < 4.78 is 12.4. The molecule has 0 aliphatic carbocycles. The van der Waals surface area contributed by atoms with Crippen molar-refractivity contribution in [3.8, 4) is 0 Å². The lowest BCUT2D eigenvalue weighted by atomic mass is 10.2. The monoisotopic (exact) mass is 228 g/mol. The standard InChI is InChI=1S/C14H13OP/c1-2-12-8-6-7-11-14(12)16(15)13-9-4-3-5-10-13/h2-11,16H,1H2. The molecule has 16 heavy (non-hydrogen) atoms. The minimum absolute atomic E-state index is 0.883. The number of benzene rings is 2. The van der Waals surface area contributed by atoms with Crippen molar-refractivity contribution in [2.75, 3.05) is 0 Å². The van der Waals surface area contributed by atoms with E-state index in [9.17, 15) is 4.57 Å². The van der Waals surface area contributed by atoms with Crippen LogP contribution in [0.1, 0.15) is 5.56 Å². The second-order valence-corrected chi connectivity index (χ2v) is 5.26. The van der Waals surface area contributed by atoms with E-state index in [1.165, 1.54) is 0 Å². The van der Waals surface area contributed by atoms with Crippen LogP contribution in [0.15, 0.2) is 61.2 Å². The van der Waals surface area contributed by atoms with Gasteiger partial charge in [0.25, 0.3) is 0 Å². The highest BCUT2D eigenvalue weighted by atomic mass is 31.1. The molecule has 0 saturated heterocycles. The fourth-order valence-corrected chi connectivity index (χ4v) is 3.13. The van der Waals surface area contributed by atoms with Gasteiger partial charge < -0.3 is 4.57 Å². The van der Waals surface area contributed by atoms with Gasteiger partial charge in [-0.15, -0.1) is 0 Å². The average Bonchev–Trinajstić information content (AvgIpc) is 2.39. The van der Waals surface area contributed by atoms with Crippen molar-refractivity contribution in [3.63, 3.8) is 0 Å². The molecular formula is C14H13OP. The lowest BCUT2D eigenvalue weighted by Gasteiger charge is -2.05. The zero-order valence-corrected chi connectivity index (χ0v) is 9.89. The molecule has 2 aromatic carbocycles. The van der Waals surface area contributed by atoms with Crippen molar-refractivity contribution in [1.82, 2.24) is 0 Å². The van der Waals surface area contributed by atoms with E-state index in [1.807, 2.05) is 54.6 Å². The summed E-state index contributed by atoms with van der Waals surface area (Å²) in [6.45, 7) is 3.75. The first-order chi connectivity index (χ1) is 7.83. The first-order valence-corrected chi connectivity index (χ1v) is 6.55. The summed E-state index contributed by atoms with van der Waals surface area (Å²) in [5.74, 6) is 0. The molecular weight excluding hydrogens is 215 g/mol. The van der Waals surface area contributed by atoms with Crippen LogP contribution in [0.4, 0.5) is 0 Å². The fraction of sp³-hybridized carbons (Fsp3) is 0. The van der Waals surface area contributed by atoms with Crippen LogP contribution in [0, 0.1) is 0 Å². The van der Waals surface area contributed by atoms with Crippen LogP contribution >= 0.6 is 7.80 Å². The maximum atomic E-state index is 12.4. The van der Waals surface area contributed by atoms with E-state index in [0.29, 0.717) is 0 Å². The van der Waals surface area contributed by atoms with E-state index in [1.54, 1.807) is 6.08 Å². The van der Waals surface area contributed by atoms with E-state index in [-0.39, 0.29) is 0 Å². The topological polar surface area (TPSA) is 17.1 Å². The Morgan fingerprint density at radius 3 is 2.25 bits per heavy atom. The van der Waals surface area contributed by atoms with Gasteiger partial charge >= 0.3 is 0 Å². The largest absolute Gasteiger partial charge is 0.317 e. The van der Waals surface area contributed by atoms with Gasteiger partial charge in [0.05, 0.1) is 0 Å². The second kappa shape index (κ2) is 4.96. The van der Waals surface area contributed by atoms with Gasteiger partial charge in [0.1, 0.15) is 7.80 Å². The molecule has 0 aromatic heterocycles. The van der Waals surface area contributed by atoms with Crippen molar-refractivity contribution in [3.05, 3.63) is 66.7 Å². The van der Waals surface area contributed by atoms with Gasteiger partial charge in [-0.25, -0.2) is 0 Å². The molecule has 1 nitrogen and oxygen atoms in total. The quantitative estimate of drug-likeness (QED) is 0.738. The van der Waals surface area contributed by atoms with Crippen LogP contribution in [0.3, 0.4) is 0 Å². The molecule has 2 aromatic rings. The summed E-state index contributed by atoms with van der Waals surface area (Å²) in [7, 11) is -1.91. The van der Waals surface area contributed by atoms with Gasteiger partial charge in [-0.05, 0) is 5.56 Å². The van der Waals surface area contributed by atoms with Crippen LogP contribution < -0.4 is 10.6 Å². The zero-order chi connectivity index (χ0) is 11.4. The van der Waals surface area contributed by atoms with E-state index >= 15 is 0 Å². The summed E-state index contributed by atoms with van der Waals surface area (Å²) in [5.41, 5.74) is 0.954. The van der Waals surface area contributed by atoms with Gasteiger partial charge in [-0.3, -0.25) is 0 Å². The van der Waals surface area contributed by atoms with Gasteiger partial charge in [-0.1, -0.05) is 67.3 Å². The Morgan fingerprint density at radius 1 is 0.938 bits per heavy atom. The second-order valence-electron chi connectivity index (χ2n) is 3.49. The predicted molar refractivity (Wildman–Crippen MR) is 71.2 cm³/mol. The molecule has 0 saturated carbocycles. The Balaban J connectivity index is 2.46. The predicted octanol–water partition coefficient (Wildman–Crippen LogP) is 2.84. The highest BCUT2D eigenvalue weighted by Crippen LogP contribution is 2.21. The third-order valence-corrected chi connectivity index (χ3v) is 4.26. The number of hydrogen-bond donors (Lipinski definition) is 0. The van der Waals surface area contributed by atoms with Gasteiger partial charge in [0.15, 0.2) is 0 Å². The maximum Gasteiger partial charge on any atom is 0.132 e. The van der Waals surface area contributed by atoms with Crippen LogP contribution in [-0.4, -0.2) is 0 Å². The average molecular weight is 228 g/mol. The van der Waals surface area contributed by atoms with Crippen LogP contribution in [-0.2, 0) is 4.57 Å². The van der Waals surface area contributed by atoms with Crippen molar-refractivity contribution in [2.45, 2.75) is 0 Å². The lowest BCUT2D eigenvalue weighted by molar-refractivity contribution is 0.598. The molecule has 0 fully saturated rings. The van der Waals surface area contributed by atoms with E-state index in [2.05, 4.69) is 6.58 Å². The molecule has 0 aliphatic heterocycles. The minimum atomic E-state index is -1.91. The van der Waals surface area contributed by atoms with E-state index in [0.717, 1.165) is 16.2 Å². The summed E-state index contributed by atoms with van der Waals surface area (Å²) in [6, 6.07) is 17.2. The Hall–Kier alpha value is -1.59. The Bertz CT molecular complexity index is 517. The molecule has 0 N–H and O–H groups in total. The third kappa shape index (κ3) is 2.15. The Kier molecular flexibility index (Phi) is 3.38. The Labute approximate surface area is 96.2 Å². The number of rotatable bonds is 3. The molecule has 0 amide bonds.